The van der Waals surface area contributed by atoms with Crippen LogP contribution in [-0.4, -0.2) is 27.3 Å². The van der Waals surface area contributed by atoms with Gasteiger partial charge in [-0.05, 0) is 42.8 Å². The average Bonchev–Trinajstić information content (AvgIpc) is 3.12. The fourth-order valence-electron chi connectivity index (χ4n) is 3.16. The summed E-state index contributed by atoms with van der Waals surface area (Å²) in [5, 5.41) is 4.73. The number of hydrogen-bond acceptors (Lipinski definition) is 3. The van der Waals surface area contributed by atoms with Gasteiger partial charge in [0.1, 0.15) is 0 Å². The Bertz CT molecular complexity index is 378. The molecule has 18 heavy (non-hydrogen) atoms. The predicted molar refractivity (Wildman–Crippen MR) is 76.8 cm³/mol. The second kappa shape index (κ2) is 5.66. The molecule has 100 valence electrons. The number of thioether (sulfide) groups is 1. The van der Waals surface area contributed by atoms with Crippen molar-refractivity contribution < 1.29 is 0 Å². The van der Waals surface area contributed by atoms with Crippen LogP contribution < -0.4 is 5.73 Å². The lowest BCUT2D eigenvalue weighted by Gasteiger charge is -2.16. The van der Waals surface area contributed by atoms with Crippen LogP contribution in [0.15, 0.2) is 12.3 Å². The molecule has 3 rings (SSSR count). The Morgan fingerprint density at radius 3 is 2.94 bits per heavy atom. The summed E-state index contributed by atoms with van der Waals surface area (Å²) in [4.78, 5) is 0. The fourth-order valence-corrected chi connectivity index (χ4v) is 4.51. The van der Waals surface area contributed by atoms with Crippen molar-refractivity contribution in [2.45, 2.75) is 50.6 Å². The molecule has 0 spiro atoms. The first-order chi connectivity index (χ1) is 8.83. The Morgan fingerprint density at radius 1 is 1.39 bits per heavy atom. The molecule has 1 aliphatic heterocycles. The van der Waals surface area contributed by atoms with Crippen molar-refractivity contribution >= 4 is 11.8 Å². The van der Waals surface area contributed by atoms with Crippen molar-refractivity contribution in [2.24, 2.45) is 11.7 Å². The van der Waals surface area contributed by atoms with Gasteiger partial charge in [0.2, 0.25) is 0 Å². The second-order valence-electron chi connectivity index (χ2n) is 5.72. The van der Waals surface area contributed by atoms with Crippen molar-refractivity contribution in [2.75, 3.05) is 11.5 Å². The summed E-state index contributed by atoms with van der Waals surface area (Å²) in [5.41, 5.74) is 7.50. The standard InChI is InChI=1S/C14H23N3S/c15-14(11-6-8-18-10-11)9-12-5-7-17(16-12)13-3-1-2-4-13/h5,7,11,13-14H,1-4,6,8-10,15H2. The van der Waals surface area contributed by atoms with Gasteiger partial charge in [-0.1, -0.05) is 12.8 Å². The van der Waals surface area contributed by atoms with Crippen LogP contribution in [0.2, 0.25) is 0 Å². The maximum Gasteiger partial charge on any atom is 0.0640 e. The fraction of sp³-hybridized carbons (Fsp3) is 0.786. The minimum absolute atomic E-state index is 0.298. The van der Waals surface area contributed by atoms with E-state index in [1.54, 1.807) is 0 Å². The molecule has 0 radical (unpaired) electrons. The number of nitrogens with two attached hydrogens (primary N) is 1. The molecule has 2 aliphatic rings. The van der Waals surface area contributed by atoms with Crippen LogP contribution in [0.4, 0.5) is 0 Å². The molecule has 1 aliphatic carbocycles. The molecule has 1 aromatic heterocycles. The highest BCUT2D eigenvalue weighted by Gasteiger charge is 2.24. The molecule has 3 nitrogen and oxygen atoms in total. The van der Waals surface area contributed by atoms with Crippen LogP contribution >= 0.6 is 11.8 Å². The lowest BCUT2D eigenvalue weighted by atomic mass is 9.96. The van der Waals surface area contributed by atoms with E-state index in [-0.39, 0.29) is 0 Å². The highest BCUT2D eigenvalue weighted by atomic mass is 32.2. The predicted octanol–water partition coefficient (Wildman–Crippen LogP) is 2.62. The van der Waals surface area contributed by atoms with Crippen molar-refractivity contribution in [3.05, 3.63) is 18.0 Å². The van der Waals surface area contributed by atoms with Crippen LogP contribution in [0.3, 0.4) is 0 Å². The van der Waals surface area contributed by atoms with Crippen molar-refractivity contribution in [3.8, 4) is 0 Å². The lowest BCUT2D eigenvalue weighted by Crippen LogP contribution is -2.32. The largest absolute Gasteiger partial charge is 0.327 e. The SMILES string of the molecule is NC(Cc1ccn(C2CCCC2)n1)C1CCSC1. The molecule has 2 N–H and O–H groups in total. The normalized spacial score (nSPS) is 26.8. The minimum Gasteiger partial charge on any atom is -0.327 e. The maximum atomic E-state index is 6.31. The average molecular weight is 265 g/mol. The van der Waals surface area contributed by atoms with E-state index >= 15 is 0 Å². The molecule has 2 heterocycles. The van der Waals surface area contributed by atoms with Gasteiger partial charge in [0, 0.05) is 18.7 Å². The van der Waals surface area contributed by atoms with Gasteiger partial charge in [-0.2, -0.15) is 16.9 Å². The molecule has 0 aromatic carbocycles. The maximum absolute atomic E-state index is 6.31. The van der Waals surface area contributed by atoms with E-state index in [1.165, 1.54) is 49.3 Å². The van der Waals surface area contributed by atoms with Crippen LogP contribution in [0.1, 0.15) is 43.8 Å². The smallest absolute Gasteiger partial charge is 0.0640 e. The third-order valence-corrected chi connectivity index (χ3v) is 5.57. The summed E-state index contributed by atoms with van der Waals surface area (Å²) in [7, 11) is 0. The Morgan fingerprint density at radius 2 is 2.22 bits per heavy atom. The Kier molecular flexibility index (Phi) is 3.94. The van der Waals surface area contributed by atoms with Crippen LogP contribution in [0, 0.1) is 5.92 Å². The monoisotopic (exact) mass is 265 g/mol. The molecule has 0 bridgehead atoms. The van der Waals surface area contributed by atoms with E-state index in [4.69, 9.17) is 10.8 Å². The van der Waals surface area contributed by atoms with Crippen molar-refractivity contribution in [3.63, 3.8) is 0 Å². The molecule has 2 unspecified atom stereocenters. The van der Waals surface area contributed by atoms with E-state index in [9.17, 15) is 0 Å². The topological polar surface area (TPSA) is 43.8 Å². The second-order valence-corrected chi connectivity index (χ2v) is 6.87. The van der Waals surface area contributed by atoms with Crippen molar-refractivity contribution in [1.29, 1.82) is 0 Å². The minimum atomic E-state index is 0.298. The van der Waals surface area contributed by atoms with E-state index < -0.39 is 0 Å². The summed E-state index contributed by atoms with van der Waals surface area (Å²) in [6.45, 7) is 0. The van der Waals surface area contributed by atoms with Crippen LogP contribution in [-0.2, 0) is 6.42 Å². The van der Waals surface area contributed by atoms with Gasteiger partial charge in [-0.25, -0.2) is 0 Å². The first-order valence-electron chi connectivity index (χ1n) is 7.20. The van der Waals surface area contributed by atoms with Crippen LogP contribution in [0.5, 0.6) is 0 Å². The van der Waals surface area contributed by atoms with E-state index in [2.05, 4.69) is 16.9 Å². The summed E-state index contributed by atoms with van der Waals surface area (Å²) in [5.74, 6) is 3.23. The van der Waals surface area contributed by atoms with Gasteiger partial charge >= 0.3 is 0 Å². The quantitative estimate of drug-likeness (QED) is 0.910. The zero-order chi connectivity index (χ0) is 12.4. The molecule has 2 fully saturated rings. The summed E-state index contributed by atoms with van der Waals surface area (Å²) >= 11 is 2.04. The van der Waals surface area contributed by atoms with Gasteiger partial charge in [-0.3, -0.25) is 4.68 Å². The van der Waals surface area contributed by atoms with Crippen LogP contribution in [0.25, 0.3) is 0 Å². The first-order valence-corrected chi connectivity index (χ1v) is 8.36. The van der Waals surface area contributed by atoms with Gasteiger partial charge in [0.25, 0.3) is 0 Å². The lowest BCUT2D eigenvalue weighted by molar-refractivity contribution is 0.440. The van der Waals surface area contributed by atoms with Gasteiger partial charge in [0.15, 0.2) is 0 Å². The first kappa shape index (κ1) is 12.5. The molecule has 1 saturated heterocycles. The molecule has 0 amide bonds. The molecule has 1 saturated carbocycles. The summed E-state index contributed by atoms with van der Waals surface area (Å²) in [6.07, 6.45) is 9.71. The van der Waals surface area contributed by atoms with Gasteiger partial charge in [0.05, 0.1) is 11.7 Å². The molecule has 2 atom stereocenters. The van der Waals surface area contributed by atoms with E-state index in [1.807, 2.05) is 11.8 Å². The van der Waals surface area contributed by atoms with Gasteiger partial charge in [-0.15, -0.1) is 0 Å². The zero-order valence-corrected chi connectivity index (χ0v) is 11.7. The highest BCUT2D eigenvalue weighted by Crippen LogP contribution is 2.29. The zero-order valence-electron chi connectivity index (χ0n) is 10.9. The molecular formula is C14H23N3S. The molecular weight excluding hydrogens is 242 g/mol. The van der Waals surface area contributed by atoms with E-state index in [0.717, 1.165) is 6.42 Å². The van der Waals surface area contributed by atoms with Gasteiger partial charge < -0.3 is 5.73 Å². The summed E-state index contributed by atoms with van der Waals surface area (Å²) in [6, 6.07) is 3.12. The highest BCUT2D eigenvalue weighted by molar-refractivity contribution is 7.99. The third kappa shape index (κ3) is 2.75. The Hall–Kier alpha value is -0.480. The Labute approximate surface area is 114 Å². The number of nitrogens with zero attached hydrogens (tertiary/aromatic N) is 2. The molecule has 4 heteroatoms. The number of hydrogen-bond donors (Lipinski definition) is 1. The van der Waals surface area contributed by atoms with E-state index in [0.29, 0.717) is 18.0 Å². The summed E-state index contributed by atoms with van der Waals surface area (Å²) < 4.78 is 2.18. The third-order valence-electron chi connectivity index (χ3n) is 4.38. The molecule has 1 aromatic rings. The number of rotatable bonds is 4. The Balaban J connectivity index is 1.58. The number of aromatic nitrogens is 2. The van der Waals surface area contributed by atoms with Crippen molar-refractivity contribution in [1.82, 2.24) is 9.78 Å².